The van der Waals surface area contributed by atoms with Crippen LogP contribution in [0.4, 0.5) is 15.8 Å². The van der Waals surface area contributed by atoms with E-state index >= 15 is 0 Å². The first-order valence-electron chi connectivity index (χ1n) is 5.01. The Hall–Kier alpha value is -1.30. The molecule has 0 spiro atoms. The summed E-state index contributed by atoms with van der Waals surface area (Å²) in [6.07, 6.45) is 1.90. The minimum atomic E-state index is -3.38. The zero-order chi connectivity index (χ0) is 11.8. The Balaban J connectivity index is 2.12. The largest absolute Gasteiger partial charge is 0.399 e. The second-order valence-electron chi connectivity index (χ2n) is 4.10. The van der Waals surface area contributed by atoms with Gasteiger partial charge in [-0.25, -0.2) is 12.8 Å². The van der Waals surface area contributed by atoms with E-state index in [1.807, 2.05) is 0 Å². The highest BCUT2D eigenvalue weighted by molar-refractivity contribution is 7.92. The number of nitrogen functional groups attached to an aromatic ring is 1. The number of hydrogen-bond acceptors (Lipinski definition) is 3. The minimum absolute atomic E-state index is 0.101. The van der Waals surface area contributed by atoms with Crippen molar-refractivity contribution >= 4 is 21.4 Å². The van der Waals surface area contributed by atoms with E-state index in [2.05, 4.69) is 4.72 Å². The second-order valence-corrected chi connectivity index (χ2v) is 5.87. The van der Waals surface area contributed by atoms with Crippen molar-refractivity contribution in [1.29, 1.82) is 0 Å². The van der Waals surface area contributed by atoms with E-state index < -0.39 is 15.8 Å². The third-order valence-electron chi connectivity index (χ3n) is 2.35. The topological polar surface area (TPSA) is 72.2 Å². The van der Waals surface area contributed by atoms with E-state index in [1.165, 1.54) is 6.07 Å². The lowest BCUT2D eigenvalue weighted by Crippen LogP contribution is -2.18. The number of halogens is 1. The second kappa shape index (κ2) is 3.93. The number of anilines is 2. The maximum atomic E-state index is 13.0. The van der Waals surface area contributed by atoms with Gasteiger partial charge < -0.3 is 5.73 Å². The molecule has 2 rings (SSSR count). The van der Waals surface area contributed by atoms with Gasteiger partial charge in [0.15, 0.2) is 0 Å². The van der Waals surface area contributed by atoms with Crippen molar-refractivity contribution < 1.29 is 12.8 Å². The molecule has 88 valence electrons. The molecule has 0 unspecified atom stereocenters. The molecular formula is C10H13FN2O2S. The molecule has 3 N–H and O–H groups in total. The van der Waals surface area contributed by atoms with Crippen LogP contribution in [0.25, 0.3) is 0 Å². The molecular weight excluding hydrogens is 231 g/mol. The average molecular weight is 244 g/mol. The molecule has 6 heteroatoms. The first kappa shape index (κ1) is 11.2. The van der Waals surface area contributed by atoms with Gasteiger partial charge in [0.25, 0.3) is 0 Å². The Bertz CT molecular complexity index is 477. The summed E-state index contributed by atoms with van der Waals surface area (Å²) in [6, 6.07) is 3.65. The van der Waals surface area contributed by atoms with E-state index in [4.69, 9.17) is 5.73 Å². The Morgan fingerprint density at radius 3 is 2.62 bits per heavy atom. The van der Waals surface area contributed by atoms with E-state index in [1.54, 1.807) is 0 Å². The lowest BCUT2D eigenvalue weighted by Gasteiger charge is -2.08. The molecule has 0 bridgehead atoms. The summed E-state index contributed by atoms with van der Waals surface area (Å²) < 4.78 is 38.5. The molecule has 1 aliphatic carbocycles. The van der Waals surface area contributed by atoms with Gasteiger partial charge in [0.2, 0.25) is 10.0 Å². The lowest BCUT2D eigenvalue weighted by molar-refractivity contribution is 0.597. The maximum absolute atomic E-state index is 13.0. The van der Waals surface area contributed by atoms with Gasteiger partial charge in [-0.2, -0.15) is 0 Å². The number of nitrogens with two attached hydrogens (primary N) is 1. The van der Waals surface area contributed by atoms with Crippen LogP contribution in [0, 0.1) is 11.7 Å². The van der Waals surface area contributed by atoms with Gasteiger partial charge in [0.1, 0.15) is 5.82 Å². The average Bonchev–Trinajstić information content (AvgIpc) is 2.83. The Morgan fingerprint density at radius 1 is 1.38 bits per heavy atom. The van der Waals surface area contributed by atoms with Crippen LogP contribution in [0.1, 0.15) is 12.8 Å². The maximum Gasteiger partial charge on any atom is 0.232 e. The predicted molar refractivity (Wildman–Crippen MR) is 60.9 cm³/mol. The van der Waals surface area contributed by atoms with Gasteiger partial charge in [-0.1, -0.05) is 0 Å². The zero-order valence-corrected chi connectivity index (χ0v) is 9.43. The summed E-state index contributed by atoms with van der Waals surface area (Å²) in [5, 5.41) is 0. The number of rotatable bonds is 4. The van der Waals surface area contributed by atoms with Crippen molar-refractivity contribution in [3.05, 3.63) is 24.0 Å². The van der Waals surface area contributed by atoms with Gasteiger partial charge >= 0.3 is 0 Å². The molecule has 0 saturated heterocycles. The standard InChI is InChI=1S/C10H13FN2O2S/c11-8-3-9(12)5-10(4-8)13-16(14,15)6-7-1-2-7/h3-5,7,13H,1-2,6,12H2. The van der Waals surface area contributed by atoms with Crippen LogP contribution < -0.4 is 10.5 Å². The molecule has 0 aromatic heterocycles. The fourth-order valence-electron chi connectivity index (χ4n) is 1.49. The SMILES string of the molecule is Nc1cc(F)cc(NS(=O)(=O)CC2CC2)c1. The Kier molecular flexibility index (Phi) is 2.75. The Morgan fingerprint density at radius 2 is 2.06 bits per heavy atom. The summed E-state index contributed by atoms with van der Waals surface area (Å²) in [6.45, 7) is 0. The summed E-state index contributed by atoms with van der Waals surface area (Å²) in [4.78, 5) is 0. The van der Waals surface area contributed by atoms with Crippen LogP contribution in [0.15, 0.2) is 18.2 Å². The van der Waals surface area contributed by atoms with Crippen LogP contribution >= 0.6 is 0 Å². The molecule has 0 amide bonds. The fraction of sp³-hybridized carbons (Fsp3) is 0.400. The van der Waals surface area contributed by atoms with Crippen LogP contribution in [0.5, 0.6) is 0 Å². The number of sulfonamides is 1. The highest BCUT2D eigenvalue weighted by Crippen LogP contribution is 2.30. The van der Waals surface area contributed by atoms with E-state index in [0.717, 1.165) is 25.0 Å². The quantitative estimate of drug-likeness (QED) is 0.789. The molecule has 0 radical (unpaired) electrons. The van der Waals surface area contributed by atoms with Gasteiger partial charge in [0, 0.05) is 5.69 Å². The van der Waals surface area contributed by atoms with Crippen molar-refractivity contribution in [3.8, 4) is 0 Å². The van der Waals surface area contributed by atoms with E-state index in [0.29, 0.717) is 0 Å². The highest BCUT2D eigenvalue weighted by atomic mass is 32.2. The van der Waals surface area contributed by atoms with Gasteiger partial charge in [0.05, 0.1) is 11.4 Å². The Labute approximate surface area is 93.7 Å². The normalized spacial score (nSPS) is 16.1. The summed E-state index contributed by atoms with van der Waals surface area (Å²) >= 11 is 0. The summed E-state index contributed by atoms with van der Waals surface area (Å²) in [7, 11) is -3.38. The molecule has 0 atom stereocenters. The van der Waals surface area contributed by atoms with Crippen LogP contribution in [-0.2, 0) is 10.0 Å². The van der Waals surface area contributed by atoms with Crippen molar-refractivity contribution in [1.82, 2.24) is 0 Å². The number of hydrogen-bond donors (Lipinski definition) is 2. The van der Waals surface area contributed by atoms with Crippen LogP contribution in [-0.4, -0.2) is 14.2 Å². The molecule has 1 aromatic rings. The van der Waals surface area contributed by atoms with E-state index in [9.17, 15) is 12.8 Å². The predicted octanol–water partition coefficient (Wildman–Crippen LogP) is 1.56. The summed E-state index contributed by atoms with van der Waals surface area (Å²) in [5.41, 5.74) is 5.79. The molecule has 1 fully saturated rings. The zero-order valence-electron chi connectivity index (χ0n) is 8.61. The molecule has 1 aromatic carbocycles. The van der Waals surface area contributed by atoms with Crippen molar-refractivity contribution in [2.24, 2.45) is 5.92 Å². The molecule has 1 saturated carbocycles. The van der Waals surface area contributed by atoms with Crippen molar-refractivity contribution in [2.75, 3.05) is 16.2 Å². The van der Waals surface area contributed by atoms with Crippen LogP contribution in [0.3, 0.4) is 0 Å². The third-order valence-corrected chi connectivity index (χ3v) is 3.80. The molecule has 16 heavy (non-hydrogen) atoms. The molecule has 0 aliphatic heterocycles. The first-order valence-corrected chi connectivity index (χ1v) is 6.66. The monoisotopic (exact) mass is 244 g/mol. The van der Waals surface area contributed by atoms with Crippen molar-refractivity contribution in [3.63, 3.8) is 0 Å². The van der Waals surface area contributed by atoms with Gasteiger partial charge in [-0.3, -0.25) is 4.72 Å². The molecule has 4 nitrogen and oxygen atoms in total. The highest BCUT2D eigenvalue weighted by Gasteiger charge is 2.28. The number of nitrogens with one attached hydrogen (secondary N) is 1. The lowest BCUT2D eigenvalue weighted by atomic mass is 10.3. The first-order chi connectivity index (χ1) is 7.44. The molecule has 0 heterocycles. The number of benzene rings is 1. The van der Waals surface area contributed by atoms with Crippen molar-refractivity contribution in [2.45, 2.75) is 12.8 Å². The fourth-order valence-corrected chi connectivity index (χ4v) is 3.00. The third kappa shape index (κ3) is 3.10. The van der Waals surface area contributed by atoms with Gasteiger partial charge in [-0.05, 0) is 37.0 Å². The van der Waals surface area contributed by atoms with Crippen LogP contribution in [0.2, 0.25) is 0 Å². The van der Waals surface area contributed by atoms with Gasteiger partial charge in [-0.15, -0.1) is 0 Å². The smallest absolute Gasteiger partial charge is 0.232 e. The van der Waals surface area contributed by atoms with E-state index in [-0.39, 0.29) is 23.0 Å². The molecule has 1 aliphatic rings. The minimum Gasteiger partial charge on any atom is -0.399 e. The summed E-state index contributed by atoms with van der Waals surface area (Å²) in [5.74, 6) is -0.198.